The summed E-state index contributed by atoms with van der Waals surface area (Å²) in [7, 11) is 0. The molecule has 0 unspecified atom stereocenters. The van der Waals surface area contributed by atoms with Crippen LogP contribution in [0.3, 0.4) is 0 Å². The molecule has 28 heavy (non-hydrogen) atoms. The van der Waals surface area contributed by atoms with E-state index in [1.54, 1.807) is 21.6 Å². The average Bonchev–Trinajstić information content (AvgIpc) is 3.27. The minimum atomic E-state index is -0.119. The predicted octanol–water partition coefficient (Wildman–Crippen LogP) is 2.29. The van der Waals surface area contributed by atoms with Crippen LogP contribution in [0.1, 0.15) is 12.0 Å². The van der Waals surface area contributed by atoms with Crippen molar-refractivity contribution in [3.63, 3.8) is 0 Å². The van der Waals surface area contributed by atoms with Crippen molar-refractivity contribution in [2.45, 2.75) is 19.5 Å². The van der Waals surface area contributed by atoms with Crippen LogP contribution in [0, 0.1) is 0 Å². The highest BCUT2D eigenvalue weighted by atomic mass is 16.1. The van der Waals surface area contributed by atoms with Gasteiger partial charge in [-0.2, -0.15) is 10.2 Å². The predicted molar refractivity (Wildman–Crippen MR) is 106 cm³/mol. The van der Waals surface area contributed by atoms with Gasteiger partial charge in [0, 0.05) is 30.7 Å². The third-order valence-electron chi connectivity index (χ3n) is 4.53. The molecule has 0 aliphatic carbocycles. The Labute approximate surface area is 161 Å². The van der Waals surface area contributed by atoms with Crippen molar-refractivity contribution in [3.05, 3.63) is 89.0 Å². The van der Waals surface area contributed by atoms with E-state index in [1.165, 1.54) is 6.20 Å². The van der Waals surface area contributed by atoms with Gasteiger partial charge in [0.1, 0.15) is 0 Å². The number of nitrogens with zero attached hydrogens (tertiary/aromatic N) is 4. The molecule has 0 fully saturated rings. The molecule has 1 amide bonds. The Morgan fingerprint density at radius 3 is 2.68 bits per heavy atom. The first-order chi connectivity index (χ1) is 13.7. The molecule has 0 radical (unpaired) electrons. The number of hydrogen-bond acceptors (Lipinski definition) is 4. The summed E-state index contributed by atoms with van der Waals surface area (Å²) in [6.45, 7) is 0.806. The zero-order valence-corrected chi connectivity index (χ0v) is 15.2. The summed E-state index contributed by atoms with van der Waals surface area (Å²) in [5.74, 6) is -0.0835. The molecule has 4 rings (SSSR count). The molecule has 2 aromatic heterocycles. The highest BCUT2D eigenvalue weighted by molar-refractivity contribution is 5.79. The number of carbonyl (C=O) groups is 1. The van der Waals surface area contributed by atoms with Crippen molar-refractivity contribution in [2.24, 2.45) is 0 Å². The fourth-order valence-electron chi connectivity index (χ4n) is 3.12. The van der Waals surface area contributed by atoms with Gasteiger partial charge in [0.25, 0.3) is 0 Å². The van der Waals surface area contributed by atoms with Gasteiger partial charge < -0.3 is 5.32 Å². The van der Waals surface area contributed by atoms with Crippen molar-refractivity contribution in [3.8, 4) is 5.69 Å². The Kier molecular flexibility index (Phi) is 4.97. The van der Waals surface area contributed by atoms with Gasteiger partial charge in [-0.1, -0.05) is 30.3 Å². The van der Waals surface area contributed by atoms with Crippen LogP contribution in [0.5, 0.6) is 0 Å². The molecule has 7 heteroatoms. The van der Waals surface area contributed by atoms with E-state index >= 15 is 0 Å². The SMILES string of the molecule is O=C(CCn1ncc(=O)c2ccccc21)NCc1ccccc1-n1cccn1. The average molecular weight is 373 g/mol. The summed E-state index contributed by atoms with van der Waals surface area (Å²) in [6.07, 6.45) is 5.15. The van der Waals surface area contributed by atoms with Crippen molar-refractivity contribution in [1.82, 2.24) is 24.9 Å². The zero-order valence-electron chi connectivity index (χ0n) is 15.2. The normalized spacial score (nSPS) is 10.9. The fraction of sp³-hybridized carbons (Fsp3) is 0.143. The number of nitrogens with one attached hydrogen (secondary N) is 1. The number of para-hydroxylation sites is 2. The van der Waals surface area contributed by atoms with Crippen molar-refractivity contribution < 1.29 is 4.79 Å². The second-order valence-electron chi connectivity index (χ2n) is 6.36. The van der Waals surface area contributed by atoms with E-state index in [9.17, 15) is 9.59 Å². The topological polar surface area (TPSA) is 81.8 Å². The summed E-state index contributed by atoms with van der Waals surface area (Å²) in [5.41, 5.74) is 2.52. The fourth-order valence-corrected chi connectivity index (χ4v) is 3.12. The summed E-state index contributed by atoms with van der Waals surface area (Å²) in [4.78, 5) is 24.2. The van der Waals surface area contributed by atoms with Gasteiger partial charge in [0.05, 0.1) is 23.9 Å². The molecule has 0 atom stereocenters. The van der Waals surface area contributed by atoms with E-state index in [0.717, 1.165) is 16.8 Å². The quantitative estimate of drug-likeness (QED) is 0.562. The van der Waals surface area contributed by atoms with E-state index in [0.29, 0.717) is 18.5 Å². The lowest BCUT2D eigenvalue weighted by Crippen LogP contribution is -2.25. The van der Waals surface area contributed by atoms with Crippen LogP contribution in [0.2, 0.25) is 0 Å². The lowest BCUT2D eigenvalue weighted by atomic mass is 10.1. The van der Waals surface area contributed by atoms with E-state index in [4.69, 9.17) is 0 Å². The van der Waals surface area contributed by atoms with Crippen molar-refractivity contribution in [2.75, 3.05) is 0 Å². The number of aryl methyl sites for hydroxylation is 1. The van der Waals surface area contributed by atoms with Crippen molar-refractivity contribution in [1.29, 1.82) is 0 Å². The molecule has 0 spiro atoms. The van der Waals surface area contributed by atoms with Gasteiger partial charge in [-0.05, 0) is 29.8 Å². The van der Waals surface area contributed by atoms with E-state index in [-0.39, 0.29) is 17.8 Å². The zero-order chi connectivity index (χ0) is 19.3. The molecule has 1 N–H and O–H groups in total. The Hall–Kier alpha value is -3.74. The third kappa shape index (κ3) is 3.68. The number of amides is 1. The molecule has 0 aliphatic heterocycles. The van der Waals surface area contributed by atoms with E-state index in [1.807, 2.05) is 54.7 Å². The summed E-state index contributed by atoms with van der Waals surface area (Å²) >= 11 is 0. The van der Waals surface area contributed by atoms with Crippen LogP contribution in [0.25, 0.3) is 16.6 Å². The molecule has 4 aromatic rings. The Morgan fingerprint density at radius 1 is 1.00 bits per heavy atom. The van der Waals surface area contributed by atoms with Gasteiger partial charge in [0.15, 0.2) is 0 Å². The standard InChI is InChI=1S/C21H19N5O2/c27-20-15-24-26(19-9-4-2-7-17(19)20)13-10-21(28)22-14-16-6-1-3-8-18(16)25-12-5-11-23-25/h1-9,11-12,15H,10,13-14H2,(H,22,28). The Bertz CT molecular complexity index is 1160. The lowest BCUT2D eigenvalue weighted by Gasteiger charge is -2.12. The Morgan fingerprint density at radius 2 is 1.82 bits per heavy atom. The van der Waals surface area contributed by atoms with Crippen LogP contribution >= 0.6 is 0 Å². The lowest BCUT2D eigenvalue weighted by molar-refractivity contribution is -0.121. The first kappa shape index (κ1) is 17.7. The molecule has 2 heterocycles. The molecule has 0 saturated carbocycles. The van der Waals surface area contributed by atoms with Crippen LogP contribution in [0.15, 0.2) is 78.0 Å². The van der Waals surface area contributed by atoms with E-state index in [2.05, 4.69) is 15.5 Å². The molecule has 0 bridgehead atoms. The van der Waals surface area contributed by atoms with Gasteiger partial charge in [-0.3, -0.25) is 14.3 Å². The second kappa shape index (κ2) is 7.87. The minimum absolute atomic E-state index is 0.0835. The van der Waals surface area contributed by atoms with Crippen LogP contribution in [-0.4, -0.2) is 25.5 Å². The maximum Gasteiger partial charge on any atom is 0.222 e. The molecule has 7 nitrogen and oxygen atoms in total. The number of benzene rings is 2. The smallest absolute Gasteiger partial charge is 0.222 e. The summed E-state index contributed by atoms with van der Waals surface area (Å²) in [6, 6.07) is 16.9. The molecular formula is C21H19N5O2. The van der Waals surface area contributed by atoms with E-state index < -0.39 is 0 Å². The summed E-state index contributed by atoms with van der Waals surface area (Å²) < 4.78 is 3.46. The number of carbonyl (C=O) groups excluding carboxylic acids is 1. The van der Waals surface area contributed by atoms with Crippen LogP contribution < -0.4 is 10.7 Å². The largest absolute Gasteiger partial charge is 0.352 e. The van der Waals surface area contributed by atoms with Gasteiger partial charge in [-0.25, -0.2) is 4.68 Å². The number of fused-ring (bicyclic) bond motifs is 1. The second-order valence-corrected chi connectivity index (χ2v) is 6.36. The molecule has 140 valence electrons. The molecule has 0 saturated heterocycles. The van der Waals surface area contributed by atoms with Gasteiger partial charge in [-0.15, -0.1) is 0 Å². The number of rotatable bonds is 6. The monoisotopic (exact) mass is 373 g/mol. The molecular weight excluding hydrogens is 354 g/mol. The van der Waals surface area contributed by atoms with Gasteiger partial charge in [0.2, 0.25) is 11.3 Å². The Balaban J connectivity index is 1.42. The number of hydrogen-bond donors (Lipinski definition) is 1. The highest BCUT2D eigenvalue weighted by Crippen LogP contribution is 2.13. The summed E-state index contributed by atoms with van der Waals surface area (Å²) in [5, 5.41) is 12.0. The van der Waals surface area contributed by atoms with Crippen LogP contribution in [0.4, 0.5) is 0 Å². The third-order valence-corrected chi connectivity index (χ3v) is 4.53. The molecule has 0 aliphatic rings. The highest BCUT2D eigenvalue weighted by Gasteiger charge is 2.08. The maximum absolute atomic E-state index is 12.4. The maximum atomic E-state index is 12.4. The van der Waals surface area contributed by atoms with Crippen LogP contribution in [-0.2, 0) is 17.9 Å². The van der Waals surface area contributed by atoms with Crippen molar-refractivity contribution >= 4 is 16.8 Å². The molecule has 2 aromatic carbocycles. The number of aromatic nitrogens is 4. The van der Waals surface area contributed by atoms with Gasteiger partial charge >= 0.3 is 0 Å². The minimum Gasteiger partial charge on any atom is -0.352 e. The first-order valence-corrected chi connectivity index (χ1v) is 9.02. The first-order valence-electron chi connectivity index (χ1n) is 9.02.